The number of carboxylic acid groups (broad SMARTS) is 2. The van der Waals surface area contributed by atoms with Crippen molar-refractivity contribution in [1.29, 1.82) is 0 Å². The minimum absolute atomic E-state index is 0. The van der Waals surface area contributed by atoms with Crippen LogP contribution >= 0.6 is 0 Å². The van der Waals surface area contributed by atoms with Gasteiger partial charge < -0.3 is 16.4 Å². The minimum atomic E-state index is -1.11. The van der Waals surface area contributed by atoms with Crippen molar-refractivity contribution in [3.8, 4) is 0 Å². The predicted octanol–water partition coefficient (Wildman–Crippen LogP) is 6.09. The van der Waals surface area contributed by atoms with E-state index in [2.05, 4.69) is 13.8 Å². The Morgan fingerprint density at radius 3 is 1.36 bits per heavy atom. The Labute approximate surface area is 152 Å². The lowest BCUT2D eigenvalue weighted by Crippen LogP contribution is -2.06. The highest BCUT2D eigenvalue weighted by atomic mass is 16.4. The molecule has 0 aliphatic carbocycles. The van der Waals surface area contributed by atoms with Crippen LogP contribution in [0.5, 0.6) is 0 Å². The molecule has 25 heavy (non-hydrogen) atoms. The second-order valence-corrected chi connectivity index (χ2v) is 6.06. The molecule has 5 nitrogen and oxygen atoms in total. The van der Waals surface area contributed by atoms with Gasteiger partial charge in [0.1, 0.15) is 0 Å². The second-order valence-electron chi connectivity index (χ2n) is 6.06. The largest absolute Gasteiger partial charge is 0.478 e. The molecule has 0 unspecified atom stereocenters. The molecule has 0 aliphatic rings. The van der Waals surface area contributed by atoms with Crippen molar-refractivity contribution in [2.24, 2.45) is 0 Å². The highest BCUT2D eigenvalue weighted by Crippen LogP contribution is 2.13. The van der Waals surface area contributed by atoms with E-state index in [-0.39, 0.29) is 22.8 Å². The van der Waals surface area contributed by atoms with Crippen molar-refractivity contribution in [1.82, 2.24) is 6.15 Å². The van der Waals surface area contributed by atoms with E-state index >= 15 is 0 Å². The summed E-state index contributed by atoms with van der Waals surface area (Å²) in [4.78, 5) is 21.2. The van der Waals surface area contributed by atoms with Crippen LogP contribution in [-0.4, -0.2) is 22.2 Å². The summed E-state index contributed by atoms with van der Waals surface area (Å²) in [5.41, 5.74) is 0.335. The maximum absolute atomic E-state index is 10.6. The smallest absolute Gasteiger partial charge is 0.335 e. The molecule has 0 fully saturated rings. The van der Waals surface area contributed by atoms with Crippen LogP contribution < -0.4 is 6.15 Å². The van der Waals surface area contributed by atoms with Gasteiger partial charge in [-0.1, -0.05) is 77.7 Å². The zero-order valence-corrected chi connectivity index (χ0v) is 16.0. The van der Waals surface area contributed by atoms with Gasteiger partial charge >= 0.3 is 11.9 Å². The standard InChI is InChI=1S/C11H24.C9H8O4.H3N/c1-3-5-7-9-11-10-8-6-4-2;1-5-6(8(10)11)3-2-4-7(5)9(12)13;/h3-11H2,1-2H3;2-4H,1H3,(H,10,11)(H,12,13);1H3. The summed E-state index contributed by atoms with van der Waals surface area (Å²) in [7, 11) is 0. The number of unbranched alkanes of at least 4 members (excludes halogenated alkanes) is 8. The molecule has 1 aromatic carbocycles. The Morgan fingerprint density at radius 1 is 0.760 bits per heavy atom. The van der Waals surface area contributed by atoms with Gasteiger partial charge in [-0.15, -0.1) is 0 Å². The molecule has 0 amide bonds. The summed E-state index contributed by atoms with van der Waals surface area (Å²) in [5.74, 6) is -2.22. The summed E-state index contributed by atoms with van der Waals surface area (Å²) < 4.78 is 0. The molecule has 0 spiro atoms. The molecule has 0 heterocycles. The van der Waals surface area contributed by atoms with Gasteiger partial charge in [0.2, 0.25) is 0 Å². The molecular formula is C20H35NO4. The fourth-order valence-electron chi connectivity index (χ4n) is 2.48. The van der Waals surface area contributed by atoms with E-state index in [0.717, 1.165) is 0 Å². The normalized spacial score (nSPS) is 9.56. The summed E-state index contributed by atoms with van der Waals surface area (Å²) in [6.45, 7) is 6.03. The van der Waals surface area contributed by atoms with Gasteiger partial charge in [0.25, 0.3) is 0 Å². The molecule has 0 atom stereocenters. The van der Waals surface area contributed by atoms with Crippen LogP contribution in [0.2, 0.25) is 0 Å². The van der Waals surface area contributed by atoms with Crippen LogP contribution in [0.3, 0.4) is 0 Å². The molecular weight excluding hydrogens is 318 g/mol. The van der Waals surface area contributed by atoms with Crippen molar-refractivity contribution >= 4 is 11.9 Å². The Balaban J connectivity index is 0. The molecule has 0 aliphatic heterocycles. The lowest BCUT2D eigenvalue weighted by Gasteiger charge is -2.03. The number of hydrogen-bond acceptors (Lipinski definition) is 3. The van der Waals surface area contributed by atoms with Crippen LogP contribution in [0.1, 0.15) is 97.9 Å². The summed E-state index contributed by atoms with van der Waals surface area (Å²) in [6, 6.07) is 4.17. The SMILES string of the molecule is CCCCCCCCCCC.Cc1c(C(=O)O)cccc1C(=O)O.N. The molecule has 5 N–H and O–H groups in total. The quantitative estimate of drug-likeness (QED) is 0.441. The molecule has 0 radical (unpaired) electrons. The number of benzene rings is 1. The fourth-order valence-corrected chi connectivity index (χ4v) is 2.48. The summed E-state index contributed by atoms with van der Waals surface area (Å²) in [5, 5.41) is 17.4. The van der Waals surface area contributed by atoms with Gasteiger partial charge in [0.05, 0.1) is 11.1 Å². The number of aromatic carboxylic acids is 2. The maximum atomic E-state index is 10.6. The van der Waals surface area contributed by atoms with Crippen LogP contribution in [0.4, 0.5) is 0 Å². The highest BCUT2D eigenvalue weighted by Gasteiger charge is 2.13. The Kier molecular flexibility index (Phi) is 15.9. The Bertz CT molecular complexity index is 460. The zero-order valence-electron chi connectivity index (χ0n) is 16.0. The number of rotatable bonds is 10. The van der Waals surface area contributed by atoms with Gasteiger partial charge in [-0.3, -0.25) is 0 Å². The van der Waals surface area contributed by atoms with Crippen LogP contribution in [0.25, 0.3) is 0 Å². The third-order valence-corrected chi connectivity index (χ3v) is 4.00. The third kappa shape index (κ3) is 11.3. The zero-order chi connectivity index (χ0) is 18.4. The van der Waals surface area contributed by atoms with Gasteiger partial charge in [0, 0.05) is 0 Å². The average molecular weight is 354 g/mol. The number of hydrogen-bond donors (Lipinski definition) is 3. The van der Waals surface area contributed by atoms with Crippen molar-refractivity contribution in [2.45, 2.75) is 78.6 Å². The molecule has 0 bridgehead atoms. The van der Waals surface area contributed by atoms with Crippen molar-refractivity contribution in [3.63, 3.8) is 0 Å². The van der Waals surface area contributed by atoms with Crippen molar-refractivity contribution < 1.29 is 19.8 Å². The molecule has 0 saturated carbocycles. The topological polar surface area (TPSA) is 110 Å². The second kappa shape index (κ2) is 15.6. The molecule has 0 saturated heterocycles. The lowest BCUT2D eigenvalue weighted by molar-refractivity contribution is 0.0696. The predicted molar refractivity (Wildman–Crippen MR) is 103 cm³/mol. The van der Waals surface area contributed by atoms with E-state index in [4.69, 9.17) is 10.2 Å². The van der Waals surface area contributed by atoms with Gasteiger partial charge in [-0.25, -0.2) is 9.59 Å². The van der Waals surface area contributed by atoms with Crippen molar-refractivity contribution in [3.05, 3.63) is 34.9 Å². The number of carbonyl (C=O) groups is 2. The van der Waals surface area contributed by atoms with E-state index in [1.165, 1.54) is 82.9 Å². The molecule has 1 aromatic rings. The first kappa shape index (κ1) is 25.4. The van der Waals surface area contributed by atoms with Crippen LogP contribution in [0.15, 0.2) is 18.2 Å². The monoisotopic (exact) mass is 353 g/mol. The first-order valence-corrected chi connectivity index (χ1v) is 9.01. The molecule has 0 aromatic heterocycles. The fraction of sp³-hybridized carbons (Fsp3) is 0.600. The average Bonchev–Trinajstić information content (AvgIpc) is 2.54. The van der Waals surface area contributed by atoms with Crippen molar-refractivity contribution in [2.75, 3.05) is 0 Å². The lowest BCUT2D eigenvalue weighted by atomic mass is 10.0. The maximum Gasteiger partial charge on any atom is 0.335 e. The third-order valence-electron chi connectivity index (χ3n) is 4.00. The van der Waals surface area contributed by atoms with Crippen LogP contribution in [0, 0.1) is 6.92 Å². The number of carboxylic acids is 2. The molecule has 5 heteroatoms. The van der Waals surface area contributed by atoms with Gasteiger partial charge in [0.15, 0.2) is 0 Å². The first-order chi connectivity index (χ1) is 11.5. The molecule has 144 valence electrons. The van der Waals surface area contributed by atoms with E-state index < -0.39 is 11.9 Å². The Hall–Kier alpha value is -1.88. The van der Waals surface area contributed by atoms with Crippen LogP contribution in [-0.2, 0) is 0 Å². The van der Waals surface area contributed by atoms with Gasteiger partial charge in [-0.05, 0) is 24.6 Å². The van der Waals surface area contributed by atoms with E-state index in [0.29, 0.717) is 0 Å². The van der Waals surface area contributed by atoms with Gasteiger partial charge in [-0.2, -0.15) is 0 Å². The van der Waals surface area contributed by atoms with E-state index in [9.17, 15) is 9.59 Å². The minimum Gasteiger partial charge on any atom is -0.478 e. The molecule has 1 rings (SSSR count). The summed E-state index contributed by atoms with van der Waals surface area (Å²) >= 11 is 0. The Morgan fingerprint density at radius 2 is 1.08 bits per heavy atom. The highest BCUT2D eigenvalue weighted by molar-refractivity contribution is 5.96. The van der Waals surface area contributed by atoms with E-state index in [1.807, 2.05) is 0 Å². The first-order valence-electron chi connectivity index (χ1n) is 9.01. The summed E-state index contributed by atoms with van der Waals surface area (Å²) in [6.07, 6.45) is 13.0. The van der Waals surface area contributed by atoms with E-state index in [1.54, 1.807) is 0 Å².